The van der Waals surface area contributed by atoms with Gasteiger partial charge in [0.05, 0.1) is 5.92 Å². The molecule has 2 aromatic rings. The Bertz CT molecular complexity index is 744. The molecule has 3 nitrogen and oxygen atoms in total. The van der Waals surface area contributed by atoms with Crippen LogP contribution in [0.3, 0.4) is 0 Å². The molecule has 2 aliphatic rings. The smallest absolute Gasteiger partial charge is 0.229 e. The van der Waals surface area contributed by atoms with Crippen molar-refractivity contribution < 1.29 is 42.2 Å². The van der Waals surface area contributed by atoms with Gasteiger partial charge < -0.3 is 9.64 Å². The molecule has 1 radical (unpaired) electrons. The molecule has 22 heavy (non-hydrogen) atoms. The molecule has 2 aliphatic heterocycles. The third-order valence-electron chi connectivity index (χ3n) is 4.49. The minimum absolute atomic E-state index is 0. The molecule has 0 saturated carbocycles. The SMILES string of the molecule is Cc1ccc2c(c1)[C@H]1C(=O)N(C)C[C@@H]1c1c[c-]ccc1O2.[Y]. The molecule has 2 heterocycles. The van der Waals surface area contributed by atoms with Crippen molar-refractivity contribution in [2.75, 3.05) is 13.6 Å². The van der Waals surface area contributed by atoms with E-state index in [0.717, 1.165) is 34.7 Å². The Kier molecular flexibility index (Phi) is 4.13. The number of likely N-dealkylation sites (N-methyl/N-ethyl adjacent to an activating group) is 1. The summed E-state index contributed by atoms with van der Waals surface area (Å²) in [6.07, 6.45) is 0. The number of rotatable bonds is 0. The molecule has 2 atom stereocenters. The molecule has 0 bridgehead atoms. The van der Waals surface area contributed by atoms with E-state index >= 15 is 0 Å². The molecule has 0 N–H and O–H groups in total. The largest absolute Gasteiger partial charge is 0.482 e. The average molecular weight is 367 g/mol. The van der Waals surface area contributed by atoms with E-state index in [-0.39, 0.29) is 50.5 Å². The van der Waals surface area contributed by atoms with Gasteiger partial charge in [-0.25, -0.2) is 0 Å². The molecular formula is C18H16NO2Y-. The van der Waals surface area contributed by atoms with Gasteiger partial charge in [0, 0.05) is 57.6 Å². The number of amides is 1. The summed E-state index contributed by atoms with van der Waals surface area (Å²) in [7, 11) is 1.87. The van der Waals surface area contributed by atoms with Crippen LogP contribution in [0.15, 0.2) is 36.4 Å². The van der Waals surface area contributed by atoms with Gasteiger partial charge in [0.25, 0.3) is 0 Å². The van der Waals surface area contributed by atoms with Crippen molar-refractivity contribution in [3.63, 3.8) is 0 Å². The number of hydrogen-bond donors (Lipinski definition) is 0. The number of carbonyl (C=O) groups excluding carboxylic acids is 1. The van der Waals surface area contributed by atoms with E-state index < -0.39 is 0 Å². The molecule has 2 aromatic carbocycles. The van der Waals surface area contributed by atoms with E-state index in [0.29, 0.717) is 0 Å². The minimum Gasteiger partial charge on any atom is -0.482 e. The Balaban J connectivity index is 0.00000144. The van der Waals surface area contributed by atoms with Crippen LogP contribution < -0.4 is 4.74 Å². The third-order valence-corrected chi connectivity index (χ3v) is 4.49. The standard InChI is InChI=1S/C18H16NO2.Y/c1-11-7-8-16-13(9-11)17-14(10-19(2)18(17)20)12-5-3-4-6-15(12)21-16;/h4-9,14,17H,10H2,1-2H3;/q-1;/t14-,17-;/m1./s1. The van der Waals surface area contributed by atoms with Crippen molar-refractivity contribution in [3.8, 4) is 11.5 Å². The maximum atomic E-state index is 12.6. The number of hydrogen-bond acceptors (Lipinski definition) is 2. The first-order chi connectivity index (χ1) is 10.1. The van der Waals surface area contributed by atoms with Crippen molar-refractivity contribution in [1.29, 1.82) is 0 Å². The summed E-state index contributed by atoms with van der Waals surface area (Å²) in [6, 6.07) is 14.9. The van der Waals surface area contributed by atoms with Crippen LogP contribution in [0.5, 0.6) is 11.5 Å². The van der Waals surface area contributed by atoms with Crippen molar-refractivity contribution in [3.05, 3.63) is 59.2 Å². The van der Waals surface area contributed by atoms with Crippen LogP contribution >= 0.6 is 0 Å². The number of benzene rings is 2. The Labute approximate surface area is 155 Å². The predicted octanol–water partition coefficient (Wildman–Crippen LogP) is 3.24. The van der Waals surface area contributed by atoms with E-state index in [1.807, 2.05) is 49.2 Å². The third kappa shape index (κ3) is 2.31. The Hall–Kier alpha value is -1.19. The summed E-state index contributed by atoms with van der Waals surface area (Å²) in [5, 5.41) is 0. The van der Waals surface area contributed by atoms with Crippen molar-refractivity contribution in [2.24, 2.45) is 0 Å². The van der Waals surface area contributed by atoms with E-state index in [9.17, 15) is 4.79 Å². The van der Waals surface area contributed by atoms with E-state index in [1.165, 1.54) is 0 Å². The van der Waals surface area contributed by atoms with Crippen LogP contribution in [0.1, 0.15) is 28.5 Å². The molecule has 4 rings (SSSR count). The van der Waals surface area contributed by atoms with Crippen LogP contribution in [0.25, 0.3) is 0 Å². The molecule has 1 saturated heterocycles. The second-order valence-electron chi connectivity index (χ2n) is 5.91. The van der Waals surface area contributed by atoms with E-state index in [1.54, 1.807) is 0 Å². The topological polar surface area (TPSA) is 29.5 Å². The number of carbonyl (C=O) groups is 1. The average Bonchev–Trinajstić information content (AvgIpc) is 2.70. The first-order valence-electron chi connectivity index (χ1n) is 7.18. The van der Waals surface area contributed by atoms with Crippen LogP contribution in [0.2, 0.25) is 0 Å². The summed E-state index contributed by atoms with van der Waals surface area (Å²) in [4.78, 5) is 14.5. The summed E-state index contributed by atoms with van der Waals surface area (Å²) >= 11 is 0. The molecule has 1 amide bonds. The predicted molar refractivity (Wildman–Crippen MR) is 79.7 cm³/mol. The number of aryl methyl sites for hydroxylation is 1. The van der Waals surface area contributed by atoms with Gasteiger partial charge in [-0.15, -0.1) is 11.6 Å². The van der Waals surface area contributed by atoms with Crippen LogP contribution in [-0.4, -0.2) is 24.4 Å². The molecule has 0 unspecified atom stereocenters. The fourth-order valence-electron chi connectivity index (χ4n) is 3.46. The van der Waals surface area contributed by atoms with Crippen molar-refractivity contribution >= 4 is 5.91 Å². The zero-order valence-corrected chi connectivity index (χ0v) is 15.5. The maximum Gasteiger partial charge on any atom is 0.229 e. The maximum absolute atomic E-state index is 12.6. The second kappa shape index (κ2) is 5.79. The molecule has 0 spiro atoms. The monoisotopic (exact) mass is 367 g/mol. The molecule has 0 aromatic heterocycles. The minimum atomic E-state index is -0.151. The van der Waals surface area contributed by atoms with Crippen molar-refractivity contribution in [1.82, 2.24) is 4.90 Å². The van der Waals surface area contributed by atoms with Crippen LogP contribution in [0.4, 0.5) is 0 Å². The molecular weight excluding hydrogens is 351 g/mol. The fourth-order valence-corrected chi connectivity index (χ4v) is 3.46. The normalized spacial score (nSPS) is 21.9. The summed E-state index contributed by atoms with van der Waals surface area (Å²) in [5.41, 5.74) is 3.23. The first-order valence-corrected chi connectivity index (χ1v) is 7.18. The quantitative estimate of drug-likeness (QED) is 0.669. The van der Waals surface area contributed by atoms with Gasteiger partial charge >= 0.3 is 0 Å². The number of nitrogens with zero attached hydrogens (tertiary/aromatic N) is 1. The Morgan fingerprint density at radius 2 is 2.00 bits per heavy atom. The number of likely N-dealkylation sites (tertiary alicyclic amines) is 1. The van der Waals surface area contributed by atoms with Crippen LogP contribution in [0, 0.1) is 13.0 Å². The summed E-state index contributed by atoms with van der Waals surface area (Å²) in [6.45, 7) is 2.77. The number of fused-ring (bicyclic) bond motifs is 5. The Morgan fingerprint density at radius 1 is 1.23 bits per heavy atom. The second-order valence-corrected chi connectivity index (χ2v) is 5.91. The first kappa shape index (κ1) is 15.7. The van der Waals surface area contributed by atoms with Crippen molar-refractivity contribution in [2.45, 2.75) is 18.8 Å². The van der Waals surface area contributed by atoms with Gasteiger partial charge in [-0.2, -0.15) is 18.2 Å². The Morgan fingerprint density at radius 3 is 2.82 bits per heavy atom. The van der Waals surface area contributed by atoms with E-state index in [2.05, 4.69) is 12.1 Å². The molecule has 4 heteroatoms. The molecule has 109 valence electrons. The fraction of sp³-hybridized carbons (Fsp3) is 0.278. The van der Waals surface area contributed by atoms with Gasteiger partial charge in [-0.1, -0.05) is 17.7 Å². The van der Waals surface area contributed by atoms with Crippen LogP contribution in [-0.2, 0) is 37.5 Å². The van der Waals surface area contributed by atoms with Gasteiger partial charge in [0.1, 0.15) is 5.75 Å². The zero-order valence-electron chi connectivity index (χ0n) is 12.7. The number of ether oxygens (including phenoxy) is 1. The summed E-state index contributed by atoms with van der Waals surface area (Å²) < 4.78 is 6.09. The van der Waals surface area contributed by atoms with Gasteiger partial charge in [-0.05, 0) is 18.9 Å². The van der Waals surface area contributed by atoms with Gasteiger partial charge in [-0.3, -0.25) is 4.79 Å². The van der Waals surface area contributed by atoms with Gasteiger partial charge in [0.2, 0.25) is 5.91 Å². The summed E-state index contributed by atoms with van der Waals surface area (Å²) in [5.74, 6) is 1.80. The van der Waals surface area contributed by atoms with E-state index in [4.69, 9.17) is 4.74 Å². The molecule has 0 aliphatic carbocycles. The zero-order chi connectivity index (χ0) is 14.6. The van der Waals surface area contributed by atoms with Gasteiger partial charge in [0.15, 0.2) is 0 Å². The molecule has 1 fully saturated rings.